The molecule has 14 heavy (non-hydrogen) atoms. The molecule has 0 saturated heterocycles. The zero-order valence-electron chi connectivity index (χ0n) is 8.95. The predicted octanol–water partition coefficient (Wildman–Crippen LogP) is 1.90. The fourth-order valence-corrected chi connectivity index (χ4v) is 0.526. The number of carboxylic acids is 2. The summed E-state index contributed by atoms with van der Waals surface area (Å²) >= 11 is 0. The number of carbonyl (C=O) groups is 2. The van der Waals surface area contributed by atoms with E-state index in [0.717, 1.165) is 26.2 Å². The van der Waals surface area contributed by atoms with E-state index >= 15 is 0 Å². The first-order valence-electron chi connectivity index (χ1n) is 3.92. The Morgan fingerprint density at radius 3 is 1.71 bits per heavy atom. The third kappa shape index (κ3) is 62.4. The van der Waals surface area contributed by atoms with E-state index in [2.05, 4.69) is 6.92 Å². The van der Waals surface area contributed by atoms with Gasteiger partial charge in [-0.3, -0.25) is 9.59 Å². The van der Waals surface area contributed by atoms with Gasteiger partial charge in [-0.2, -0.15) is 0 Å². The molecular formula is C8H19NO4Zn. The largest absolute Gasteiger partial charge is 0.481 e. The van der Waals surface area contributed by atoms with Crippen molar-refractivity contribution in [2.24, 2.45) is 0 Å². The van der Waals surface area contributed by atoms with Gasteiger partial charge in [0.2, 0.25) is 0 Å². The van der Waals surface area contributed by atoms with Gasteiger partial charge in [0.05, 0.1) is 0 Å². The van der Waals surface area contributed by atoms with Gasteiger partial charge in [0.1, 0.15) is 0 Å². The summed E-state index contributed by atoms with van der Waals surface area (Å²) in [5.41, 5.74) is 0. The summed E-state index contributed by atoms with van der Waals surface area (Å²) in [4.78, 5) is 18.9. The van der Waals surface area contributed by atoms with E-state index in [-0.39, 0.29) is 25.6 Å². The van der Waals surface area contributed by atoms with Crippen molar-refractivity contribution in [3.05, 3.63) is 0 Å². The van der Waals surface area contributed by atoms with Gasteiger partial charge in [0, 0.05) is 32.8 Å². The second kappa shape index (κ2) is 18.3. The monoisotopic (exact) mass is 257 g/mol. The van der Waals surface area contributed by atoms with E-state index in [9.17, 15) is 4.79 Å². The molecule has 0 rings (SSSR count). The average molecular weight is 259 g/mol. The van der Waals surface area contributed by atoms with Crippen molar-refractivity contribution in [1.29, 1.82) is 0 Å². The van der Waals surface area contributed by atoms with E-state index in [0.29, 0.717) is 6.42 Å². The first kappa shape index (κ1) is 23.4. The fraction of sp³-hybridized carbons (Fsp3) is 0.750. The van der Waals surface area contributed by atoms with Crippen molar-refractivity contribution in [1.82, 2.24) is 6.15 Å². The second-order valence-electron chi connectivity index (χ2n) is 2.37. The van der Waals surface area contributed by atoms with Gasteiger partial charge in [-0.05, 0) is 6.42 Å². The number of hydrogen-bond donors (Lipinski definition) is 3. The minimum atomic E-state index is -0.833. The number of hydrogen-bond acceptors (Lipinski definition) is 3. The van der Waals surface area contributed by atoms with Crippen molar-refractivity contribution in [2.75, 3.05) is 0 Å². The van der Waals surface area contributed by atoms with Crippen LogP contribution in [0.4, 0.5) is 0 Å². The van der Waals surface area contributed by atoms with Gasteiger partial charge in [-0.15, -0.1) is 0 Å². The second-order valence-corrected chi connectivity index (χ2v) is 2.37. The molecule has 0 radical (unpaired) electrons. The molecule has 0 spiro atoms. The Bertz CT molecular complexity index is 137. The molecule has 0 fully saturated rings. The summed E-state index contributed by atoms with van der Waals surface area (Å²) in [5, 5.41) is 15.6. The van der Waals surface area contributed by atoms with Crippen LogP contribution in [-0.2, 0) is 29.1 Å². The first-order valence-corrected chi connectivity index (χ1v) is 3.92. The van der Waals surface area contributed by atoms with Gasteiger partial charge in [0.15, 0.2) is 0 Å². The smallest absolute Gasteiger partial charge is 0.303 e. The van der Waals surface area contributed by atoms with Crippen LogP contribution in [0.1, 0.15) is 39.5 Å². The van der Waals surface area contributed by atoms with Crippen LogP contribution in [0.5, 0.6) is 0 Å². The van der Waals surface area contributed by atoms with E-state index in [1.165, 1.54) is 0 Å². The summed E-state index contributed by atoms with van der Waals surface area (Å²) in [6, 6.07) is 0. The zero-order chi connectivity index (χ0) is 9.98. The Balaban J connectivity index is -0.0000000733. The van der Waals surface area contributed by atoms with Gasteiger partial charge in [0.25, 0.3) is 5.97 Å². The molecule has 0 unspecified atom stereocenters. The SMILES string of the molecule is CC(=O)O.CCCCCC(=O)O.N.[Zn]. The minimum Gasteiger partial charge on any atom is -0.481 e. The molecule has 5 N–H and O–H groups in total. The Labute approximate surface area is 97.2 Å². The number of carboxylic acid groups (broad SMARTS) is 2. The van der Waals surface area contributed by atoms with Crippen LogP contribution in [-0.4, -0.2) is 22.2 Å². The quantitative estimate of drug-likeness (QED) is 0.527. The molecule has 0 bridgehead atoms. The molecule has 0 saturated carbocycles. The van der Waals surface area contributed by atoms with Crippen molar-refractivity contribution < 1.29 is 39.3 Å². The Kier molecular flexibility index (Phi) is 30.6. The van der Waals surface area contributed by atoms with E-state index < -0.39 is 11.9 Å². The third-order valence-corrected chi connectivity index (χ3v) is 0.994. The summed E-state index contributed by atoms with van der Waals surface area (Å²) in [6.45, 7) is 3.14. The average Bonchev–Trinajstić information content (AvgIpc) is 1.86. The molecule has 0 aliphatic carbocycles. The summed E-state index contributed by atoms with van der Waals surface area (Å²) in [7, 11) is 0. The molecule has 6 heteroatoms. The van der Waals surface area contributed by atoms with Crippen LogP contribution in [0.2, 0.25) is 0 Å². The molecule has 0 amide bonds. The topological polar surface area (TPSA) is 110 Å². The normalized spacial score (nSPS) is 7.00. The van der Waals surface area contributed by atoms with Gasteiger partial charge in [-0.25, -0.2) is 0 Å². The summed E-state index contributed by atoms with van der Waals surface area (Å²) in [6.07, 6.45) is 3.28. The molecule has 0 aliphatic heterocycles. The first-order chi connectivity index (χ1) is 5.50. The van der Waals surface area contributed by atoms with Crippen LogP contribution in [0.15, 0.2) is 0 Å². The standard InChI is InChI=1S/C6H12O2.C2H4O2.H3N.Zn/c1-2-3-4-5-6(7)8;1-2(3)4;;/h2-5H2,1H3,(H,7,8);1H3,(H,3,4);1H3;. The van der Waals surface area contributed by atoms with Crippen LogP contribution in [0.3, 0.4) is 0 Å². The molecule has 0 atom stereocenters. The maximum absolute atomic E-state index is 9.87. The fourth-order valence-electron chi connectivity index (χ4n) is 0.526. The molecule has 5 nitrogen and oxygen atoms in total. The van der Waals surface area contributed by atoms with Gasteiger partial charge < -0.3 is 16.4 Å². The van der Waals surface area contributed by atoms with Crippen LogP contribution in [0, 0.1) is 0 Å². The van der Waals surface area contributed by atoms with E-state index in [4.69, 9.17) is 15.0 Å². The third-order valence-electron chi connectivity index (χ3n) is 0.994. The van der Waals surface area contributed by atoms with E-state index in [1.807, 2.05) is 0 Å². The molecule has 0 aromatic rings. The minimum absolute atomic E-state index is 0. The molecule has 82 valence electrons. The maximum Gasteiger partial charge on any atom is 0.303 e. The van der Waals surface area contributed by atoms with Crippen molar-refractivity contribution in [2.45, 2.75) is 39.5 Å². The molecular weight excluding hydrogens is 239 g/mol. The summed E-state index contributed by atoms with van der Waals surface area (Å²) < 4.78 is 0. The van der Waals surface area contributed by atoms with Gasteiger partial charge in [-0.1, -0.05) is 19.8 Å². The number of aliphatic carboxylic acids is 2. The maximum atomic E-state index is 9.87. The Hall–Kier alpha value is -0.477. The number of rotatable bonds is 4. The molecule has 0 aromatic heterocycles. The molecule has 0 heterocycles. The van der Waals surface area contributed by atoms with Crippen LogP contribution < -0.4 is 6.15 Å². The molecule has 0 aromatic carbocycles. The zero-order valence-corrected chi connectivity index (χ0v) is 11.9. The Morgan fingerprint density at radius 1 is 1.14 bits per heavy atom. The van der Waals surface area contributed by atoms with Gasteiger partial charge >= 0.3 is 5.97 Å². The Morgan fingerprint density at radius 2 is 1.50 bits per heavy atom. The van der Waals surface area contributed by atoms with Crippen molar-refractivity contribution >= 4 is 11.9 Å². The van der Waals surface area contributed by atoms with E-state index in [1.54, 1.807) is 0 Å². The predicted molar refractivity (Wildman–Crippen MR) is 50.1 cm³/mol. The number of unbranched alkanes of at least 4 members (excludes halogenated alkanes) is 2. The summed E-state index contributed by atoms with van der Waals surface area (Å²) in [5.74, 6) is -1.52. The van der Waals surface area contributed by atoms with Crippen molar-refractivity contribution in [3.8, 4) is 0 Å². The van der Waals surface area contributed by atoms with Crippen LogP contribution in [0.25, 0.3) is 0 Å². The van der Waals surface area contributed by atoms with Crippen LogP contribution >= 0.6 is 0 Å². The molecule has 0 aliphatic rings. The van der Waals surface area contributed by atoms with Crippen molar-refractivity contribution in [3.63, 3.8) is 0 Å².